The number of fused-ring (bicyclic) bond motifs is 10. The molecule has 0 radical (unpaired) electrons. The van der Waals surface area contributed by atoms with Gasteiger partial charge in [-0.15, -0.1) is 0 Å². The van der Waals surface area contributed by atoms with Crippen LogP contribution in [0.2, 0.25) is 0 Å². The topological polar surface area (TPSA) is 83.6 Å². The Kier molecular flexibility index (Phi) is 7.44. The van der Waals surface area contributed by atoms with E-state index in [1.807, 2.05) is 0 Å². The first-order valence-electron chi connectivity index (χ1n) is 22.4. The molecular formula is C61H40N4. The average molecular weight is 829 g/mol. The number of anilines is 2. The lowest BCUT2D eigenvalue weighted by atomic mass is 9.76. The van der Waals surface area contributed by atoms with E-state index < -0.39 is 0 Å². The number of nitrogen functional groups attached to an aromatic ring is 2. The Morgan fingerprint density at radius 2 is 0.769 bits per heavy atom. The second-order valence-electron chi connectivity index (χ2n) is 17.6. The van der Waals surface area contributed by atoms with E-state index in [4.69, 9.17) is 11.5 Å². The predicted molar refractivity (Wildman–Crippen MR) is 276 cm³/mol. The number of hydrogen-bond donors (Lipinski definition) is 4. The van der Waals surface area contributed by atoms with Crippen LogP contribution in [-0.4, -0.2) is 9.97 Å². The Balaban J connectivity index is 1.17. The van der Waals surface area contributed by atoms with Crippen molar-refractivity contribution in [3.05, 3.63) is 205 Å². The minimum Gasteiger partial charge on any atom is -0.398 e. The maximum atomic E-state index is 8.04. The van der Waals surface area contributed by atoms with Crippen LogP contribution >= 0.6 is 0 Å². The molecule has 0 unspecified atom stereocenters. The van der Waals surface area contributed by atoms with Crippen molar-refractivity contribution in [2.24, 2.45) is 0 Å². The van der Waals surface area contributed by atoms with Crippen LogP contribution in [-0.2, 0) is 6.42 Å². The molecule has 0 aliphatic heterocycles. The Morgan fingerprint density at radius 3 is 1.42 bits per heavy atom. The minimum absolute atomic E-state index is 0.686. The summed E-state index contributed by atoms with van der Waals surface area (Å²) in [7, 11) is 0. The first-order valence-corrected chi connectivity index (χ1v) is 22.4. The van der Waals surface area contributed by atoms with Crippen LogP contribution in [0, 0.1) is 0 Å². The fourth-order valence-electron chi connectivity index (χ4n) is 11.6. The van der Waals surface area contributed by atoms with Crippen LogP contribution < -0.4 is 11.5 Å². The Labute approximate surface area is 374 Å². The van der Waals surface area contributed by atoms with Crippen molar-refractivity contribution in [3.8, 4) is 55.6 Å². The first kappa shape index (κ1) is 35.9. The summed E-state index contributed by atoms with van der Waals surface area (Å²) >= 11 is 0. The van der Waals surface area contributed by atoms with Crippen LogP contribution in [0.25, 0.3) is 132 Å². The van der Waals surface area contributed by atoms with Gasteiger partial charge in [-0.1, -0.05) is 170 Å². The van der Waals surface area contributed by atoms with Gasteiger partial charge >= 0.3 is 0 Å². The second-order valence-corrected chi connectivity index (χ2v) is 17.6. The number of aromatic amines is 2. The van der Waals surface area contributed by atoms with Crippen LogP contribution in [0.1, 0.15) is 11.1 Å². The highest BCUT2D eigenvalue weighted by Crippen LogP contribution is 2.56. The summed E-state index contributed by atoms with van der Waals surface area (Å²) in [5.74, 6) is 0. The number of para-hydroxylation sites is 2. The highest BCUT2D eigenvalue weighted by molar-refractivity contribution is 6.28. The maximum Gasteiger partial charge on any atom is 0.0501 e. The number of nitrogens with two attached hydrogens (primary N) is 2. The van der Waals surface area contributed by atoms with Crippen LogP contribution in [0.5, 0.6) is 0 Å². The van der Waals surface area contributed by atoms with Gasteiger partial charge in [-0.05, 0) is 108 Å². The van der Waals surface area contributed by atoms with Crippen molar-refractivity contribution >= 4 is 87.3 Å². The molecule has 0 bridgehead atoms. The number of benzene rings is 11. The molecule has 0 saturated heterocycles. The number of hydrogen-bond acceptors (Lipinski definition) is 2. The van der Waals surface area contributed by atoms with Crippen molar-refractivity contribution in [1.29, 1.82) is 0 Å². The number of aromatic nitrogens is 2. The van der Waals surface area contributed by atoms with Gasteiger partial charge in [-0.25, -0.2) is 0 Å². The Hall–Kier alpha value is -8.60. The molecule has 13 aromatic rings. The number of rotatable bonds is 4. The van der Waals surface area contributed by atoms with Gasteiger partial charge in [0.2, 0.25) is 0 Å². The fraction of sp³-hybridized carbons (Fsp3) is 0.0164. The lowest BCUT2D eigenvalue weighted by Gasteiger charge is -2.29. The molecule has 0 saturated carbocycles. The quantitative estimate of drug-likeness (QED) is 0.133. The predicted octanol–water partition coefficient (Wildman–Crippen LogP) is 15.8. The summed E-state index contributed by atoms with van der Waals surface area (Å²) in [6, 6.07) is 70.4. The molecule has 14 rings (SSSR count). The van der Waals surface area contributed by atoms with Crippen molar-refractivity contribution in [1.82, 2.24) is 9.97 Å². The van der Waals surface area contributed by atoms with Gasteiger partial charge in [0.15, 0.2) is 0 Å². The molecule has 304 valence electrons. The van der Waals surface area contributed by atoms with Crippen molar-refractivity contribution < 1.29 is 0 Å². The van der Waals surface area contributed by atoms with E-state index in [9.17, 15) is 0 Å². The van der Waals surface area contributed by atoms with Crippen LogP contribution in [0.4, 0.5) is 11.4 Å². The molecule has 1 aliphatic rings. The van der Waals surface area contributed by atoms with Gasteiger partial charge in [-0.3, -0.25) is 0 Å². The maximum absolute atomic E-state index is 8.04. The van der Waals surface area contributed by atoms with E-state index in [0.29, 0.717) is 11.4 Å². The molecule has 6 N–H and O–H groups in total. The van der Waals surface area contributed by atoms with E-state index in [-0.39, 0.29) is 0 Å². The zero-order chi connectivity index (χ0) is 42.9. The van der Waals surface area contributed by atoms with Crippen molar-refractivity contribution in [3.63, 3.8) is 0 Å². The van der Waals surface area contributed by atoms with Gasteiger partial charge in [0, 0.05) is 65.7 Å². The zero-order valence-electron chi connectivity index (χ0n) is 35.3. The molecule has 65 heavy (non-hydrogen) atoms. The van der Waals surface area contributed by atoms with Crippen LogP contribution in [0.15, 0.2) is 194 Å². The SMILES string of the molecule is Nc1c(-c2c(-c3cccc4[nH]c5ccccc5c34)ccc3ccccc23)c(N)c2c(-c3c(-c4cccc5[nH]c6ccccc6c45)ccc4ccccc34)ccc3c2c1-c1ccccc1C3. The molecule has 4 heteroatoms. The smallest absolute Gasteiger partial charge is 0.0501 e. The largest absolute Gasteiger partial charge is 0.398 e. The van der Waals surface area contributed by atoms with E-state index in [1.54, 1.807) is 0 Å². The first-order chi connectivity index (χ1) is 32.1. The van der Waals surface area contributed by atoms with Crippen molar-refractivity contribution in [2.45, 2.75) is 6.42 Å². The van der Waals surface area contributed by atoms with Crippen molar-refractivity contribution in [2.75, 3.05) is 11.5 Å². The Bertz CT molecular complexity index is 4180. The van der Waals surface area contributed by atoms with E-state index in [0.717, 1.165) is 100 Å². The van der Waals surface area contributed by atoms with E-state index >= 15 is 0 Å². The second kappa shape index (κ2) is 13.5. The molecule has 11 aromatic carbocycles. The average Bonchev–Trinajstić information content (AvgIpc) is 3.94. The monoisotopic (exact) mass is 828 g/mol. The lowest BCUT2D eigenvalue weighted by molar-refractivity contribution is 1.20. The molecule has 0 spiro atoms. The molecular weight excluding hydrogens is 789 g/mol. The van der Waals surface area contributed by atoms with E-state index in [1.165, 1.54) is 49.0 Å². The normalized spacial score (nSPS) is 12.4. The fourth-order valence-corrected chi connectivity index (χ4v) is 11.6. The summed E-state index contributed by atoms with van der Waals surface area (Å²) in [5.41, 5.74) is 35.1. The molecule has 0 amide bonds. The van der Waals surface area contributed by atoms with Gasteiger partial charge in [-0.2, -0.15) is 0 Å². The van der Waals surface area contributed by atoms with E-state index in [2.05, 4.69) is 204 Å². The van der Waals surface area contributed by atoms with Gasteiger partial charge < -0.3 is 21.4 Å². The summed E-state index contributed by atoms with van der Waals surface area (Å²) < 4.78 is 0. The van der Waals surface area contributed by atoms with Gasteiger partial charge in [0.1, 0.15) is 0 Å². The molecule has 2 heterocycles. The Morgan fingerprint density at radius 1 is 0.277 bits per heavy atom. The van der Waals surface area contributed by atoms with Crippen LogP contribution in [0.3, 0.4) is 0 Å². The summed E-state index contributed by atoms with van der Waals surface area (Å²) in [4.78, 5) is 7.41. The molecule has 4 nitrogen and oxygen atoms in total. The van der Waals surface area contributed by atoms with Gasteiger partial charge in [0.05, 0.1) is 11.4 Å². The zero-order valence-corrected chi connectivity index (χ0v) is 35.3. The molecule has 0 fully saturated rings. The highest BCUT2D eigenvalue weighted by Gasteiger charge is 2.31. The summed E-state index contributed by atoms with van der Waals surface area (Å²) in [5, 5.41) is 11.5. The summed E-state index contributed by atoms with van der Waals surface area (Å²) in [6.07, 6.45) is 0.789. The molecule has 2 aromatic heterocycles. The summed E-state index contributed by atoms with van der Waals surface area (Å²) in [6.45, 7) is 0. The molecule has 0 atom stereocenters. The molecule has 1 aliphatic carbocycles. The third-order valence-corrected chi connectivity index (χ3v) is 14.3. The highest BCUT2D eigenvalue weighted by atomic mass is 14.7. The third kappa shape index (κ3) is 5.02. The standard InChI is InChI=1S/C61H40N4/c62-60-57-40-18-6-3-15-36(40)33-37-29-32-47(53-38-16-4-1-13-34(38)27-30-43(53)41-21-11-25-50-54(41)45-19-7-9-23-48(45)64-50)58(52(37)57)61(63)59(60)56-39-17-5-2-14-35(39)28-31-44(56)42-22-12-26-51-55(42)46-20-8-10-24-49(46)65-51/h1-32,64-65H,33,62-63H2. The number of nitrogens with one attached hydrogen (secondary N) is 2. The minimum atomic E-state index is 0.686. The number of H-pyrrole nitrogens is 2. The third-order valence-electron chi connectivity index (χ3n) is 14.3. The van der Waals surface area contributed by atoms with Gasteiger partial charge in [0.25, 0.3) is 0 Å². The lowest BCUT2D eigenvalue weighted by Crippen LogP contribution is -2.09.